The number of Topliss-reactive ketones (excluding diaryl/α,β-unsaturated/α-hetero) is 1. The Hall–Kier alpha value is -2.66. The van der Waals surface area contributed by atoms with Gasteiger partial charge in [0.15, 0.2) is 27.6 Å². The van der Waals surface area contributed by atoms with Gasteiger partial charge in [-0.15, -0.1) is 0 Å². The Morgan fingerprint density at radius 2 is 1.81 bits per heavy atom. The van der Waals surface area contributed by atoms with E-state index in [1.807, 2.05) is 13.0 Å². The fraction of sp³-hybridized carbons (Fsp3) is 0.409. The molecular formula is C22H23N3O6S. The van der Waals surface area contributed by atoms with Crippen molar-refractivity contribution >= 4 is 26.7 Å². The topological polar surface area (TPSA) is 110 Å². The van der Waals surface area contributed by atoms with E-state index >= 15 is 0 Å². The first-order chi connectivity index (χ1) is 15.2. The van der Waals surface area contributed by atoms with Crippen molar-refractivity contribution in [3.8, 4) is 0 Å². The van der Waals surface area contributed by atoms with Gasteiger partial charge in [-0.1, -0.05) is 18.2 Å². The number of hydrogen-bond donors (Lipinski definition) is 0. The molecule has 2 aromatic heterocycles. The van der Waals surface area contributed by atoms with E-state index in [4.69, 9.17) is 14.2 Å². The molecule has 10 heteroatoms. The van der Waals surface area contributed by atoms with E-state index < -0.39 is 51.7 Å². The lowest BCUT2D eigenvalue weighted by molar-refractivity contribution is -0.196. The third-order valence-corrected chi connectivity index (χ3v) is 7.42. The Morgan fingerprint density at radius 1 is 1.09 bits per heavy atom. The predicted octanol–water partition coefficient (Wildman–Crippen LogP) is 2.20. The van der Waals surface area contributed by atoms with Crippen LogP contribution in [-0.4, -0.2) is 58.6 Å². The van der Waals surface area contributed by atoms with Crippen LogP contribution < -0.4 is 0 Å². The monoisotopic (exact) mass is 457 g/mol. The molecule has 0 radical (unpaired) electrons. The maximum atomic E-state index is 13.1. The summed E-state index contributed by atoms with van der Waals surface area (Å²) >= 11 is 0. The van der Waals surface area contributed by atoms with Gasteiger partial charge in [-0.25, -0.2) is 18.4 Å². The van der Waals surface area contributed by atoms with Crippen LogP contribution >= 0.6 is 0 Å². The van der Waals surface area contributed by atoms with Gasteiger partial charge in [0.2, 0.25) is 0 Å². The lowest BCUT2D eigenvalue weighted by atomic mass is 10.1. The van der Waals surface area contributed by atoms with Gasteiger partial charge in [0.1, 0.15) is 36.0 Å². The summed E-state index contributed by atoms with van der Waals surface area (Å²) in [5, 5.41) is 0.854. The molecule has 0 unspecified atom stereocenters. The van der Waals surface area contributed by atoms with Gasteiger partial charge in [-0.2, -0.15) is 0 Å². The molecule has 1 aromatic carbocycles. The molecule has 5 rings (SSSR count). The molecule has 32 heavy (non-hydrogen) atoms. The smallest absolute Gasteiger partial charge is 0.185 e. The Bertz CT molecular complexity index is 1290. The van der Waals surface area contributed by atoms with E-state index in [9.17, 15) is 13.2 Å². The molecular weight excluding hydrogens is 434 g/mol. The minimum Gasteiger partial charge on any atom is -0.341 e. The molecule has 0 spiro atoms. The van der Waals surface area contributed by atoms with Crippen LogP contribution in [0, 0.1) is 6.92 Å². The Kier molecular flexibility index (Phi) is 4.93. The molecule has 2 aliphatic rings. The average Bonchev–Trinajstić information content (AvgIpc) is 3.39. The number of aryl methyl sites for hydroxylation is 1. The molecule has 168 valence electrons. The van der Waals surface area contributed by atoms with Crippen molar-refractivity contribution in [2.45, 2.75) is 56.0 Å². The predicted molar refractivity (Wildman–Crippen MR) is 114 cm³/mol. The van der Waals surface area contributed by atoms with Gasteiger partial charge < -0.3 is 18.8 Å². The summed E-state index contributed by atoms with van der Waals surface area (Å²) in [5.74, 6) is -2.20. The summed E-state index contributed by atoms with van der Waals surface area (Å²) in [4.78, 5) is 21.8. The average molecular weight is 458 g/mol. The van der Waals surface area contributed by atoms with Crippen molar-refractivity contribution in [2.75, 3.05) is 5.75 Å². The molecule has 2 fully saturated rings. The van der Waals surface area contributed by atoms with Gasteiger partial charge in [0, 0.05) is 11.6 Å². The maximum absolute atomic E-state index is 13.1. The van der Waals surface area contributed by atoms with Crippen LogP contribution in [0.4, 0.5) is 0 Å². The highest BCUT2D eigenvalue weighted by Crippen LogP contribution is 2.44. The van der Waals surface area contributed by atoms with E-state index in [0.717, 1.165) is 11.1 Å². The van der Waals surface area contributed by atoms with Gasteiger partial charge in [0.25, 0.3) is 0 Å². The third-order valence-electron chi connectivity index (χ3n) is 5.76. The maximum Gasteiger partial charge on any atom is 0.185 e. The van der Waals surface area contributed by atoms with Crippen LogP contribution in [0.5, 0.6) is 0 Å². The van der Waals surface area contributed by atoms with Gasteiger partial charge in [-0.05, 0) is 39.0 Å². The molecule has 0 bridgehead atoms. The van der Waals surface area contributed by atoms with Gasteiger partial charge in [-0.3, -0.25) is 4.79 Å². The second-order valence-corrected chi connectivity index (χ2v) is 10.5. The number of fused-ring (bicyclic) bond motifs is 2. The quantitative estimate of drug-likeness (QED) is 0.574. The zero-order valence-corrected chi connectivity index (χ0v) is 18.7. The first kappa shape index (κ1) is 21.2. The Balaban J connectivity index is 1.47. The number of ketones is 1. The second-order valence-electron chi connectivity index (χ2n) is 8.47. The van der Waals surface area contributed by atoms with E-state index in [-0.39, 0.29) is 4.90 Å². The highest BCUT2D eigenvalue weighted by Gasteiger charge is 2.58. The number of carbonyl (C=O) groups is 1. The van der Waals surface area contributed by atoms with Crippen LogP contribution in [-0.2, 0) is 28.8 Å². The highest BCUT2D eigenvalue weighted by atomic mass is 32.2. The lowest BCUT2D eigenvalue weighted by Gasteiger charge is -2.24. The summed E-state index contributed by atoms with van der Waals surface area (Å²) in [5.41, 5.74) is 1.45. The van der Waals surface area contributed by atoms with Crippen molar-refractivity contribution in [1.29, 1.82) is 0 Å². The first-order valence-corrected chi connectivity index (χ1v) is 11.9. The summed E-state index contributed by atoms with van der Waals surface area (Å²) < 4.78 is 45.5. The molecule has 0 N–H and O–H groups in total. The molecule has 3 aromatic rings. The molecule has 0 saturated carbocycles. The molecule has 4 atom stereocenters. The fourth-order valence-corrected chi connectivity index (χ4v) is 5.62. The minimum atomic E-state index is -3.82. The number of rotatable bonds is 5. The summed E-state index contributed by atoms with van der Waals surface area (Å²) in [6.07, 6.45) is 0.118. The van der Waals surface area contributed by atoms with Crippen molar-refractivity contribution in [3.05, 3.63) is 54.6 Å². The number of sulfone groups is 1. The summed E-state index contributed by atoms with van der Waals surface area (Å²) in [6.45, 7) is 5.39. The molecule has 0 amide bonds. The van der Waals surface area contributed by atoms with Crippen LogP contribution in [0.3, 0.4) is 0 Å². The second kappa shape index (κ2) is 7.45. The standard InChI is InChI=1S/C22H23N3O6S/c1-13-15-9-10-25(20(15)24-12-23-13)21-19-18(30-22(2,3)31-19)17(29-21)16(26)11-32(27,28)14-7-5-4-6-8-14/h4-10,12,17-19,21H,11H2,1-3H3/t17-,18-,19-,21-/m1/s1. The molecule has 2 aliphatic heterocycles. The lowest BCUT2D eigenvalue weighted by Crippen LogP contribution is -2.38. The normalized spacial score (nSPS) is 27.0. The van der Waals surface area contributed by atoms with Crippen LogP contribution in [0.15, 0.2) is 53.8 Å². The van der Waals surface area contributed by atoms with Crippen molar-refractivity contribution in [2.24, 2.45) is 0 Å². The SMILES string of the molecule is Cc1ncnc2c1ccn2[C@@H]1O[C@H](C(=O)CS(=O)(=O)c2ccccc2)[C@H]2OC(C)(C)O[C@H]21. The number of ether oxygens (including phenoxy) is 3. The number of aromatic nitrogens is 3. The zero-order chi connectivity index (χ0) is 22.7. The van der Waals surface area contributed by atoms with Crippen LogP contribution in [0.2, 0.25) is 0 Å². The van der Waals surface area contributed by atoms with Crippen LogP contribution in [0.25, 0.3) is 11.0 Å². The van der Waals surface area contributed by atoms with E-state index in [0.29, 0.717) is 5.65 Å². The zero-order valence-electron chi connectivity index (χ0n) is 17.8. The van der Waals surface area contributed by atoms with Gasteiger partial charge in [0.05, 0.1) is 10.6 Å². The van der Waals surface area contributed by atoms with Crippen LogP contribution in [0.1, 0.15) is 25.8 Å². The molecule has 2 saturated heterocycles. The largest absolute Gasteiger partial charge is 0.341 e. The minimum absolute atomic E-state index is 0.0898. The third kappa shape index (κ3) is 3.53. The van der Waals surface area contributed by atoms with E-state index in [1.54, 1.807) is 42.8 Å². The summed E-state index contributed by atoms with van der Waals surface area (Å²) in [6, 6.07) is 9.76. The Labute approximate surface area is 185 Å². The Morgan fingerprint density at radius 3 is 2.56 bits per heavy atom. The fourth-order valence-electron chi connectivity index (χ4n) is 4.34. The highest BCUT2D eigenvalue weighted by molar-refractivity contribution is 7.92. The number of hydrogen-bond acceptors (Lipinski definition) is 8. The van der Waals surface area contributed by atoms with E-state index in [1.165, 1.54) is 18.5 Å². The van der Waals surface area contributed by atoms with Crippen molar-refractivity contribution < 1.29 is 27.4 Å². The van der Waals surface area contributed by atoms with Crippen molar-refractivity contribution in [3.63, 3.8) is 0 Å². The molecule has 0 aliphatic carbocycles. The molecule has 9 nitrogen and oxygen atoms in total. The van der Waals surface area contributed by atoms with E-state index in [2.05, 4.69) is 9.97 Å². The number of nitrogens with zero attached hydrogens (tertiary/aromatic N) is 3. The van der Waals surface area contributed by atoms with Gasteiger partial charge >= 0.3 is 0 Å². The summed E-state index contributed by atoms with van der Waals surface area (Å²) in [7, 11) is -3.82. The number of benzene rings is 1. The van der Waals surface area contributed by atoms with Crippen molar-refractivity contribution in [1.82, 2.24) is 14.5 Å². The first-order valence-electron chi connectivity index (χ1n) is 10.3. The molecule has 4 heterocycles. The number of carbonyl (C=O) groups excluding carboxylic acids is 1.